The van der Waals surface area contributed by atoms with E-state index in [9.17, 15) is 4.79 Å². The Morgan fingerprint density at radius 3 is 2.62 bits per heavy atom. The van der Waals surface area contributed by atoms with Crippen LogP contribution in [0.1, 0.15) is 6.92 Å². The average Bonchev–Trinajstić information content (AvgIpc) is 1.84. The number of ketones is 1. The topological polar surface area (TPSA) is 17.1 Å². The Kier molecular flexibility index (Phi) is 3.79. The minimum Gasteiger partial charge on any atom is -0.298 e. The number of allylic oxidation sites excluding steroid dienone is 1. The molecule has 46 valence electrons. The van der Waals surface area contributed by atoms with Gasteiger partial charge in [-0.25, -0.2) is 0 Å². The van der Waals surface area contributed by atoms with Crippen LogP contribution in [0.4, 0.5) is 0 Å². The summed E-state index contributed by atoms with van der Waals surface area (Å²) in [6, 6.07) is 0. The Morgan fingerprint density at radius 2 is 2.50 bits per heavy atom. The molecule has 0 rings (SSSR count). The monoisotopic (exact) mass is 176 g/mol. The Bertz CT molecular complexity index is 98.7. The van der Waals surface area contributed by atoms with Crippen LogP contribution in [0.15, 0.2) is 12.7 Å². The summed E-state index contributed by atoms with van der Waals surface area (Å²) in [5, 5.41) is 0.431. The molecule has 1 atom stereocenters. The number of halogens is 1. The van der Waals surface area contributed by atoms with Gasteiger partial charge in [-0.3, -0.25) is 4.79 Å². The molecule has 0 aromatic rings. The maximum atomic E-state index is 10.6. The Labute approximate surface area is 57.9 Å². The summed E-state index contributed by atoms with van der Waals surface area (Å²) in [4.78, 5) is 10.6. The molecule has 1 unspecified atom stereocenters. The van der Waals surface area contributed by atoms with Crippen LogP contribution in [0.25, 0.3) is 0 Å². The SMILES string of the molecule is C=CC(C)C(=O)CBr. The molecule has 0 bridgehead atoms. The van der Waals surface area contributed by atoms with Crippen molar-refractivity contribution in [1.82, 2.24) is 0 Å². The fourth-order valence-corrected chi connectivity index (χ4v) is 0.764. The third-order valence-corrected chi connectivity index (χ3v) is 1.55. The van der Waals surface area contributed by atoms with Crippen LogP contribution < -0.4 is 0 Å². The quantitative estimate of drug-likeness (QED) is 0.474. The molecule has 0 radical (unpaired) electrons. The van der Waals surface area contributed by atoms with Gasteiger partial charge in [-0.1, -0.05) is 28.9 Å². The first-order valence-corrected chi connectivity index (χ1v) is 3.55. The minimum atomic E-state index is -0.00521. The van der Waals surface area contributed by atoms with Gasteiger partial charge < -0.3 is 0 Å². The number of hydrogen-bond acceptors (Lipinski definition) is 1. The van der Waals surface area contributed by atoms with Crippen molar-refractivity contribution < 1.29 is 4.79 Å². The summed E-state index contributed by atoms with van der Waals surface area (Å²) in [7, 11) is 0. The highest BCUT2D eigenvalue weighted by molar-refractivity contribution is 9.09. The van der Waals surface area contributed by atoms with Crippen molar-refractivity contribution in [2.75, 3.05) is 5.33 Å². The van der Waals surface area contributed by atoms with Crippen molar-refractivity contribution in [3.05, 3.63) is 12.7 Å². The number of carbonyl (C=O) groups excluding carboxylic acids is 1. The van der Waals surface area contributed by atoms with Gasteiger partial charge in [0.2, 0.25) is 0 Å². The lowest BCUT2D eigenvalue weighted by Crippen LogP contribution is -2.08. The van der Waals surface area contributed by atoms with Gasteiger partial charge >= 0.3 is 0 Å². The van der Waals surface area contributed by atoms with Gasteiger partial charge in [-0.05, 0) is 0 Å². The highest BCUT2D eigenvalue weighted by Gasteiger charge is 2.04. The van der Waals surface area contributed by atoms with Crippen LogP contribution >= 0.6 is 15.9 Å². The standard InChI is InChI=1S/C6H9BrO/c1-3-5(2)6(8)4-7/h3,5H,1,4H2,2H3. The fourth-order valence-electron chi connectivity index (χ4n) is 0.253. The Balaban J connectivity index is 3.62. The van der Waals surface area contributed by atoms with Crippen LogP contribution in [-0.4, -0.2) is 11.1 Å². The van der Waals surface area contributed by atoms with Crippen LogP contribution in [-0.2, 0) is 4.79 Å². The third kappa shape index (κ3) is 2.26. The van der Waals surface area contributed by atoms with Gasteiger partial charge in [0.05, 0.1) is 5.33 Å². The van der Waals surface area contributed by atoms with E-state index in [1.165, 1.54) is 0 Å². The van der Waals surface area contributed by atoms with Crippen molar-refractivity contribution in [1.29, 1.82) is 0 Å². The summed E-state index contributed by atoms with van der Waals surface area (Å²) >= 11 is 3.06. The molecular weight excluding hydrogens is 168 g/mol. The van der Waals surface area contributed by atoms with Gasteiger partial charge in [-0.2, -0.15) is 0 Å². The van der Waals surface area contributed by atoms with Crippen molar-refractivity contribution in [3.8, 4) is 0 Å². The molecule has 0 spiro atoms. The summed E-state index contributed by atoms with van der Waals surface area (Å²) in [6.45, 7) is 5.32. The third-order valence-electron chi connectivity index (χ3n) is 0.993. The summed E-state index contributed by atoms with van der Waals surface area (Å²) in [5.41, 5.74) is 0. The summed E-state index contributed by atoms with van der Waals surface area (Å²) in [5.74, 6) is 0.175. The number of rotatable bonds is 3. The molecule has 0 amide bonds. The van der Waals surface area contributed by atoms with Crippen molar-refractivity contribution >= 4 is 21.7 Å². The Morgan fingerprint density at radius 1 is 2.00 bits per heavy atom. The Hall–Kier alpha value is -0.110. The number of Topliss-reactive ketones (excluding diaryl/α,β-unsaturated/α-hetero) is 1. The lowest BCUT2D eigenvalue weighted by atomic mass is 10.1. The molecule has 8 heavy (non-hydrogen) atoms. The fraction of sp³-hybridized carbons (Fsp3) is 0.500. The van der Waals surface area contributed by atoms with Crippen LogP contribution in [0.2, 0.25) is 0 Å². The molecule has 1 nitrogen and oxygen atoms in total. The average molecular weight is 177 g/mol. The minimum absolute atomic E-state index is 0.00521. The zero-order valence-corrected chi connectivity index (χ0v) is 6.44. The van der Waals surface area contributed by atoms with E-state index in [1.54, 1.807) is 6.08 Å². The van der Waals surface area contributed by atoms with Crippen molar-refractivity contribution in [2.24, 2.45) is 5.92 Å². The molecule has 0 aromatic carbocycles. The van der Waals surface area contributed by atoms with Gasteiger partial charge in [-0.15, -0.1) is 6.58 Å². The first-order chi connectivity index (χ1) is 3.72. The van der Waals surface area contributed by atoms with E-state index in [1.807, 2.05) is 6.92 Å². The molecule has 0 aromatic heterocycles. The molecule has 0 aliphatic rings. The second kappa shape index (κ2) is 3.84. The van der Waals surface area contributed by atoms with E-state index in [0.29, 0.717) is 5.33 Å². The van der Waals surface area contributed by atoms with Gasteiger partial charge in [0, 0.05) is 5.92 Å². The van der Waals surface area contributed by atoms with Gasteiger partial charge in [0.15, 0.2) is 0 Å². The first-order valence-electron chi connectivity index (χ1n) is 2.43. The van der Waals surface area contributed by atoms with Crippen molar-refractivity contribution in [3.63, 3.8) is 0 Å². The molecule has 0 saturated carbocycles. The predicted molar refractivity (Wildman–Crippen MR) is 38.2 cm³/mol. The summed E-state index contributed by atoms with van der Waals surface area (Å²) in [6.07, 6.45) is 1.64. The molecule has 0 fully saturated rings. The highest BCUT2D eigenvalue weighted by atomic mass is 79.9. The maximum Gasteiger partial charge on any atom is 0.149 e. The second-order valence-corrected chi connectivity index (χ2v) is 2.19. The van der Waals surface area contributed by atoms with Crippen LogP contribution in [0.3, 0.4) is 0 Å². The normalized spacial score (nSPS) is 12.8. The lowest BCUT2D eigenvalue weighted by molar-refractivity contribution is -0.118. The van der Waals surface area contributed by atoms with E-state index in [4.69, 9.17) is 0 Å². The molecular formula is C6H9BrO. The smallest absolute Gasteiger partial charge is 0.149 e. The van der Waals surface area contributed by atoms with E-state index < -0.39 is 0 Å². The molecule has 2 heteroatoms. The predicted octanol–water partition coefficient (Wildman–Crippen LogP) is 1.77. The van der Waals surface area contributed by atoms with Crippen molar-refractivity contribution in [2.45, 2.75) is 6.92 Å². The zero-order valence-electron chi connectivity index (χ0n) is 4.86. The van der Waals surface area contributed by atoms with E-state index >= 15 is 0 Å². The first kappa shape index (κ1) is 7.89. The number of alkyl halides is 1. The van der Waals surface area contributed by atoms with Crippen LogP contribution in [0.5, 0.6) is 0 Å². The van der Waals surface area contributed by atoms with Crippen LogP contribution in [0, 0.1) is 5.92 Å². The largest absolute Gasteiger partial charge is 0.298 e. The summed E-state index contributed by atoms with van der Waals surface area (Å²) < 4.78 is 0. The molecule has 0 aliphatic heterocycles. The van der Waals surface area contributed by atoms with E-state index in [0.717, 1.165) is 0 Å². The molecule has 0 N–H and O–H groups in total. The van der Waals surface area contributed by atoms with E-state index in [2.05, 4.69) is 22.5 Å². The van der Waals surface area contributed by atoms with E-state index in [-0.39, 0.29) is 11.7 Å². The number of hydrogen-bond donors (Lipinski definition) is 0. The maximum absolute atomic E-state index is 10.6. The lowest BCUT2D eigenvalue weighted by Gasteiger charge is -1.97. The molecule has 0 aliphatic carbocycles. The highest BCUT2D eigenvalue weighted by Crippen LogP contribution is 1.99. The second-order valence-electron chi connectivity index (χ2n) is 1.62. The zero-order chi connectivity index (χ0) is 6.57. The van der Waals surface area contributed by atoms with Gasteiger partial charge in [0.25, 0.3) is 0 Å². The molecule has 0 heterocycles. The molecule has 0 saturated heterocycles. The number of carbonyl (C=O) groups is 1. The van der Waals surface area contributed by atoms with Gasteiger partial charge in [0.1, 0.15) is 5.78 Å².